The summed E-state index contributed by atoms with van der Waals surface area (Å²) in [6.07, 6.45) is 0. The number of amides is 1. The first-order valence-electron chi connectivity index (χ1n) is 9.78. The molecule has 148 valence electrons. The molecule has 4 rings (SSSR count). The van der Waals surface area contributed by atoms with Gasteiger partial charge in [0.25, 0.3) is 0 Å². The molecule has 0 saturated carbocycles. The van der Waals surface area contributed by atoms with E-state index in [1.807, 2.05) is 29.2 Å². The zero-order chi connectivity index (χ0) is 19.7. The summed E-state index contributed by atoms with van der Waals surface area (Å²) in [6.45, 7) is 4.61. The van der Waals surface area contributed by atoms with E-state index in [0.717, 1.165) is 19.6 Å². The van der Waals surface area contributed by atoms with Gasteiger partial charge in [0, 0.05) is 39.0 Å². The molecule has 6 heteroatoms. The number of rotatable bonds is 5. The third kappa shape index (κ3) is 3.71. The molecule has 0 aromatic heterocycles. The SMILES string of the molecule is CC(=O)N1C[C@H]2CN(CCS(=O)(=O)c3ccccc3)C[C@H]2[C@H]1c1ccccc1. The first-order chi connectivity index (χ1) is 13.5. The highest BCUT2D eigenvalue weighted by molar-refractivity contribution is 7.91. The number of nitrogens with zero attached hydrogens (tertiary/aromatic N) is 2. The minimum Gasteiger partial charge on any atom is -0.335 e. The minimum atomic E-state index is -3.27. The Morgan fingerprint density at radius 2 is 1.61 bits per heavy atom. The Bertz CT molecular complexity index is 931. The van der Waals surface area contributed by atoms with Crippen LogP contribution in [0.2, 0.25) is 0 Å². The Morgan fingerprint density at radius 1 is 0.964 bits per heavy atom. The fraction of sp³-hybridized carbons (Fsp3) is 0.409. The highest BCUT2D eigenvalue weighted by Crippen LogP contribution is 2.44. The molecule has 0 aliphatic carbocycles. The molecule has 2 aliphatic rings. The number of sulfone groups is 1. The molecule has 0 bridgehead atoms. The molecule has 2 aromatic rings. The first-order valence-corrected chi connectivity index (χ1v) is 11.4. The van der Waals surface area contributed by atoms with E-state index < -0.39 is 9.84 Å². The average Bonchev–Trinajstić information content (AvgIpc) is 3.25. The van der Waals surface area contributed by atoms with Gasteiger partial charge in [-0.3, -0.25) is 4.79 Å². The van der Waals surface area contributed by atoms with Gasteiger partial charge < -0.3 is 9.80 Å². The lowest BCUT2D eigenvalue weighted by Gasteiger charge is -2.29. The molecular formula is C22H26N2O3S. The maximum absolute atomic E-state index is 12.6. The third-order valence-corrected chi connectivity index (χ3v) is 7.77. The highest BCUT2D eigenvalue weighted by Gasteiger charge is 2.48. The summed E-state index contributed by atoms with van der Waals surface area (Å²) in [6, 6.07) is 18.9. The predicted octanol–water partition coefficient (Wildman–Crippen LogP) is 2.61. The summed E-state index contributed by atoms with van der Waals surface area (Å²) in [5.74, 6) is 0.990. The minimum absolute atomic E-state index is 0.0828. The van der Waals surface area contributed by atoms with E-state index in [2.05, 4.69) is 17.0 Å². The molecule has 5 nitrogen and oxygen atoms in total. The summed E-state index contributed by atoms with van der Waals surface area (Å²) in [7, 11) is -3.27. The van der Waals surface area contributed by atoms with Crippen LogP contribution in [0, 0.1) is 11.8 Å². The fourth-order valence-corrected chi connectivity index (χ4v) is 6.02. The molecule has 2 saturated heterocycles. The number of likely N-dealkylation sites (tertiary alicyclic amines) is 2. The van der Waals surface area contributed by atoms with E-state index >= 15 is 0 Å². The number of carbonyl (C=O) groups is 1. The van der Waals surface area contributed by atoms with Crippen LogP contribution in [0.1, 0.15) is 18.5 Å². The zero-order valence-electron chi connectivity index (χ0n) is 16.1. The van der Waals surface area contributed by atoms with Crippen LogP contribution in [0.5, 0.6) is 0 Å². The Kier molecular flexibility index (Phi) is 5.25. The standard InChI is InChI=1S/C22H26N2O3S/c1-17(25)24-15-19-14-23(12-13-28(26,27)20-10-6-3-7-11-20)16-21(19)22(24)18-8-4-2-5-9-18/h2-11,19,21-22H,12-16H2,1H3/t19-,21-,22-/m1/s1. The van der Waals surface area contributed by atoms with Gasteiger partial charge >= 0.3 is 0 Å². The van der Waals surface area contributed by atoms with Crippen molar-refractivity contribution in [2.45, 2.75) is 17.9 Å². The molecular weight excluding hydrogens is 372 g/mol. The molecule has 2 aliphatic heterocycles. The van der Waals surface area contributed by atoms with E-state index in [-0.39, 0.29) is 17.7 Å². The second-order valence-corrected chi connectivity index (χ2v) is 9.95. The molecule has 2 aromatic carbocycles. The Hall–Kier alpha value is -2.18. The molecule has 0 spiro atoms. The van der Waals surface area contributed by atoms with Gasteiger partial charge in [-0.05, 0) is 23.6 Å². The van der Waals surface area contributed by atoms with Crippen molar-refractivity contribution in [1.29, 1.82) is 0 Å². The molecule has 2 heterocycles. The summed E-state index contributed by atoms with van der Waals surface area (Å²) < 4.78 is 25.2. The Morgan fingerprint density at radius 3 is 2.25 bits per heavy atom. The molecule has 0 N–H and O–H groups in total. The van der Waals surface area contributed by atoms with Crippen molar-refractivity contribution in [2.75, 3.05) is 31.9 Å². The van der Waals surface area contributed by atoms with Crippen LogP contribution in [0.15, 0.2) is 65.6 Å². The zero-order valence-corrected chi connectivity index (χ0v) is 16.9. The van der Waals surface area contributed by atoms with E-state index in [0.29, 0.717) is 23.3 Å². The van der Waals surface area contributed by atoms with Crippen molar-refractivity contribution < 1.29 is 13.2 Å². The lowest BCUT2D eigenvalue weighted by Crippen LogP contribution is -2.35. The number of carbonyl (C=O) groups excluding carboxylic acids is 1. The molecule has 0 unspecified atom stereocenters. The van der Waals surface area contributed by atoms with E-state index in [4.69, 9.17) is 0 Å². The van der Waals surface area contributed by atoms with Crippen LogP contribution in [-0.2, 0) is 14.6 Å². The van der Waals surface area contributed by atoms with Gasteiger partial charge in [-0.1, -0.05) is 48.5 Å². The fourth-order valence-electron chi connectivity index (χ4n) is 4.72. The lowest BCUT2D eigenvalue weighted by atomic mass is 9.89. The van der Waals surface area contributed by atoms with Crippen LogP contribution in [-0.4, -0.2) is 56.1 Å². The third-order valence-electron chi connectivity index (χ3n) is 6.06. The quantitative estimate of drug-likeness (QED) is 0.777. The first kappa shape index (κ1) is 19.2. The Balaban J connectivity index is 1.46. The van der Waals surface area contributed by atoms with E-state index in [1.54, 1.807) is 31.2 Å². The van der Waals surface area contributed by atoms with Crippen molar-refractivity contribution in [1.82, 2.24) is 9.80 Å². The number of hydrogen-bond acceptors (Lipinski definition) is 4. The van der Waals surface area contributed by atoms with Crippen LogP contribution in [0.4, 0.5) is 0 Å². The predicted molar refractivity (Wildman–Crippen MR) is 108 cm³/mol. The molecule has 3 atom stereocenters. The number of fused-ring (bicyclic) bond motifs is 1. The molecule has 1 amide bonds. The van der Waals surface area contributed by atoms with Crippen molar-refractivity contribution >= 4 is 15.7 Å². The summed E-state index contributed by atoms with van der Waals surface area (Å²) in [5.41, 5.74) is 1.17. The van der Waals surface area contributed by atoms with Crippen LogP contribution < -0.4 is 0 Å². The highest BCUT2D eigenvalue weighted by atomic mass is 32.2. The van der Waals surface area contributed by atoms with Gasteiger partial charge in [-0.2, -0.15) is 0 Å². The largest absolute Gasteiger partial charge is 0.335 e. The lowest BCUT2D eigenvalue weighted by molar-refractivity contribution is -0.130. The molecule has 0 radical (unpaired) electrons. The molecule has 28 heavy (non-hydrogen) atoms. The van der Waals surface area contributed by atoms with Crippen LogP contribution in [0.3, 0.4) is 0 Å². The van der Waals surface area contributed by atoms with Crippen molar-refractivity contribution in [2.24, 2.45) is 11.8 Å². The van der Waals surface area contributed by atoms with E-state index in [1.165, 1.54) is 5.56 Å². The summed E-state index contributed by atoms with van der Waals surface area (Å²) >= 11 is 0. The van der Waals surface area contributed by atoms with Crippen LogP contribution >= 0.6 is 0 Å². The van der Waals surface area contributed by atoms with Gasteiger partial charge in [-0.15, -0.1) is 0 Å². The van der Waals surface area contributed by atoms with Crippen molar-refractivity contribution in [3.63, 3.8) is 0 Å². The normalized spacial score (nSPS) is 25.0. The topological polar surface area (TPSA) is 57.7 Å². The summed E-state index contributed by atoms with van der Waals surface area (Å²) in [5, 5.41) is 0. The number of benzene rings is 2. The second-order valence-electron chi connectivity index (χ2n) is 7.84. The Labute approximate surface area is 166 Å². The smallest absolute Gasteiger partial charge is 0.219 e. The average molecular weight is 399 g/mol. The number of hydrogen-bond donors (Lipinski definition) is 0. The van der Waals surface area contributed by atoms with Gasteiger partial charge in [0.15, 0.2) is 9.84 Å². The van der Waals surface area contributed by atoms with Crippen LogP contribution in [0.25, 0.3) is 0 Å². The van der Waals surface area contributed by atoms with Crippen molar-refractivity contribution in [3.05, 3.63) is 66.2 Å². The maximum Gasteiger partial charge on any atom is 0.219 e. The molecule has 2 fully saturated rings. The van der Waals surface area contributed by atoms with Crippen molar-refractivity contribution in [3.8, 4) is 0 Å². The van der Waals surface area contributed by atoms with E-state index in [9.17, 15) is 13.2 Å². The second kappa shape index (κ2) is 7.68. The van der Waals surface area contributed by atoms with Gasteiger partial charge in [0.2, 0.25) is 5.91 Å². The van der Waals surface area contributed by atoms with Gasteiger partial charge in [0.05, 0.1) is 16.7 Å². The summed E-state index contributed by atoms with van der Waals surface area (Å²) in [4.78, 5) is 16.8. The monoisotopic (exact) mass is 398 g/mol. The van der Waals surface area contributed by atoms with Gasteiger partial charge in [0.1, 0.15) is 0 Å². The maximum atomic E-state index is 12.6. The van der Waals surface area contributed by atoms with Gasteiger partial charge in [-0.25, -0.2) is 8.42 Å².